The summed E-state index contributed by atoms with van der Waals surface area (Å²) in [6, 6.07) is -0.581. The standard InChI is InChI=1S/C9H15N5O2/c1-5(2)7(12-6(3)15)8(16)13-9-10-4-11-14-9/h4-5,7H,1-3H3,(H,12,15)(H2,10,11,13,14,16)/t7-/m0/s1. The Bertz CT molecular complexity index is 360. The molecule has 1 aromatic rings. The van der Waals surface area contributed by atoms with E-state index in [-0.39, 0.29) is 23.7 Å². The minimum absolute atomic E-state index is 0.00757. The number of carbonyl (C=O) groups is 2. The monoisotopic (exact) mass is 225 g/mol. The SMILES string of the molecule is CC(=O)N[C@H](C(=O)Nc1ncn[nH]1)C(C)C. The molecule has 7 nitrogen and oxygen atoms in total. The van der Waals surface area contributed by atoms with Gasteiger partial charge in [-0.1, -0.05) is 13.8 Å². The van der Waals surface area contributed by atoms with E-state index in [9.17, 15) is 9.59 Å². The normalized spacial score (nSPS) is 12.2. The molecule has 0 bridgehead atoms. The van der Waals surface area contributed by atoms with Gasteiger partial charge < -0.3 is 5.32 Å². The maximum atomic E-state index is 11.8. The van der Waals surface area contributed by atoms with Crippen LogP contribution in [0.15, 0.2) is 6.33 Å². The molecule has 0 aromatic carbocycles. The predicted octanol–water partition coefficient (Wildman–Crippen LogP) is -0.0961. The molecule has 1 rings (SSSR count). The fraction of sp³-hybridized carbons (Fsp3) is 0.556. The van der Waals surface area contributed by atoms with E-state index in [1.165, 1.54) is 13.3 Å². The van der Waals surface area contributed by atoms with Crippen LogP contribution in [0.1, 0.15) is 20.8 Å². The van der Waals surface area contributed by atoms with E-state index < -0.39 is 6.04 Å². The maximum absolute atomic E-state index is 11.8. The summed E-state index contributed by atoms with van der Waals surface area (Å²) in [6.45, 7) is 5.07. The number of nitrogens with zero attached hydrogens (tertiary/aromatic N) is 2. The molecule has 16 heavy (non-hydrogen) atoms. The summed E-state index contributed by atoms with van der Waals surface area (Å²) in [4.78, 5) is 26.5. The van der Waals surface area contributed by atoms with E-state index in [0.717, 1.165) is 0 Å². The van der Waals surface area contributed by atoms with Crippen molar-refractivity contribution < 1.29 is 9.59 Å². The molecule has 0 unspecified atom stereocenters. The van der Waals surface area contributed by atoms with Crippen molar-refractivity contribution in [2.45, 2.75) is 26.8 Å². The number of hydrogen-bond donors (Lipinski definition) is 3. The summed E-state index contributed by atoms with van der Waals surface area (Å²) in [5.41, 5.74) is 0. The molecular weight excluding hydrogens is 210 g/mol. The third kappa shape index (κ3) is 3.34. The molecule has 1 aromatic heterocycles. The van der Waals surface area contributed by atoms with Crippen LogP contribution in [0.5, 0.6) is 0 Å². The largest absolute Gasteiger partial charge is 0.344 e. The minimum atomic E-state index is -0.581. The highest BCUT2D eigenvalue weighted by molar-refractivity contribution is 5.95. The highest BCUT2D eigenvalue weighted by Gasteiger charge is 2.23. The van der Waals surface area contributed by atoms with Crippen molar-refractivity contribution in [3.05, 3.63) is 6.33 Å². The van der Waals surface area contributed by atoms with Crippen molar-refractivity contribution in [2.75, 3.05) is 5.32 Å². The van der Waals surface area contributed by atoms with Crippen LogP contribution in [0.3, 0.4) is 0 Å². The summed E-state index contributed by atoms with van der Waals surface area (Å²) >= 11 is 0. The molecular formula is C9H15N5O2. The summed E-state index contributed by atoms with van der Waals surface area (Å²) in [6.07, 6.45) is 1.29. The average molecular weight is 225 g/mol. The van der Waals surface area contributed by atoms with Gasteiger partial charge in [0.25, 0.3) is 0 Å². The highest BCUT2D eigenvalue weighted by atomic mass is 16.2. The van der Waals surface area contributed by atoms with Crippen LogP contribution in [0.25, 0.3) is 0 Å². The first kappa shape index (κ1) is 12.2. The Morgan fingerprint density at radius 2 is 2.12 bits per heavy atom. The van der Waals surface area contributed by atoms with Crippen LogP contribution in [0.2, 0.25) is 0 Å². The predicted molar refractivity (Wildman–Crippen MR) is 57.5 cm³/mol. The highest BCUT2D eigenvalue weighted by Crippen LogP contribution is 2.04. The van der Waals surface area contributed by atoms with Crippen molar-refractivity contribution in [1.29, 1.82) is 0 Å². The molecule has 88 valence electrons. The van der Waals surface area contributed by atoms with Crippen LogP contribution in [0, 0.1) is 5.92 Å². The van der Waals surface area contributed by atoms with Crippen molar-refractivity contribution in [3.63, 3.8) is 0 Å². The molecule has 0 radical (unpaired) electrons. The molecule has 7 heteroatoms. The number of nitrogens with one attached hydrogen (secondary N) is 3. The van der Waals surface area contributed by atoms with Crippen LogP contribution in [-0.2, 0) is 9.59 Å². The van der Waals surface area contributed by atoms with Gasteiger partial charge in [0.05, 0.1) is 0 Å². The van der Waals surface area contributed by atoms with Crippen LogP contribution in [0.4, 0.5) is 5.95 Å². The number of H-pyrrole nitrogens is 1. The molecule has 0 spiro atoms. The molecule has 0 aliphatic heterocycles. The van der Waals surface area contributed by atoms with E-state index in [1.807, 2.05) is 13.8 Å². The van der Waals surface area contributed by atoms with Gasteiger partial charge in [0, 0.05) is 6.92 Å². The summed E-state index contributed by atoms with van der Waals surface area (Å²) in [5.74, 6) is -0.304. The number of carbonyl (C=O) groups excluding carboxylic acids is 2. The third-order valence-corrected chi connectivity index (χ3v) is 1.96. The minimum Gasteiger partial charge on any atom is -0.344 e. The fourth-order valence-corrected chi connectivity index (χ4v) is 1.21. The molecule has 0 aliphatic carbocycles. The number of amides is 2. The molecule has 0 saturated heterocycles. The van der Waals surface area contributed by atoms with Gasteiger partial charge >= 0.3 is 0 Å². The first-order valence-electron chi connectivity index (χ1n) is 4.94. The number of aromatic amines is 1. The summed E-state index contributed by atoms with van der Waals surface area (Å²) < 4.78 is 0. The Morgan fingerprint density at radius 3 is 2.56 bits per heavy atom. The molecule has 0 saturated carbocycles. The van der Waals surface area contributed by atoms with Crippen molar-refractivity contribution in [1.82, 2.24) is 20.5 Å². The number of hydrogen-bond acceptors (Lipinski definition) is 4. The Morgan fingerprint density at radius 1 is 1.44 bits per heavy atom. The van der Waals surface area contributed by atoms with Crippen LogP contribution in [-0.4, -0.2) is 33.0 Å². The maximum Gasteiger partial charge on any atom is 0.249 e. The summed E-state index contributed by atoms with van der Waals surface area (Å²) in [5, 5.41) is 11.2. The lowest BCUT2D eigenvalue weighted by atomic mass is 10.0. The second kappa shape index (κ2) is 5.24. The zero-order valence-corrected chi connectivity index (χ0v) is 9.44. The Kier molecular flexibility index (Phi) is 3.98. The van der Waals surface area contributed by atoms with E-state index in [2.05, 4.69) is 25.8 Å². The second-order valence-electron chi connectivity index (χ2n) is 3.75. The lowest BCUT2D eigenvalue weighted by Gasteiger charge is -2.19. The van der Waals surface area contributed by atoms with E-state index in [4.69, 9.17) is 0 Å². The Hall–Kier alpha value is -1.92. The number of aromatic nitrogens is 3. The van der Waals surface area contributed by atoms with E-state index in [1.54, 1.807) is 0 Å². The first-order chi connectivity index (χ1) is 7.50. The molecule has 0 aliphatic rings. The van der Waals surface area contributed by atoms with Crippen molar-refractivity contribution in [2.24, 2.45) is 5.92 Å². The first-order valence-corrected chi connectivity index (χ1v) is 4.94. The smallest absolute Gasteiger partial charge is 0.249 e. The topological polar surface area (TPSA) is 99.8 Å². The second-order valence-corrected chi connectivity index (χ2v) is 3.75. The zero-order valence-electron chi connectivity index (χ0n) is 9.44. The van der Waals surface area contributed by atoms with E-state index in [0.29, 0.717) is 0 Å². The van der Waals surface area contributed by atoms with Crippen LogP contribution < -0.4 is 10.6 Å². The molecule has 2 amide bonds. The molecule has 1 atom stereocenters. The van der Waals surface area contributed by atoms with E-state index >= 15 is 0 Å². The quantitative estimate of drug-likeness (QED) is 0.666. The van der Waals surface area contributed by atoms with Crippen LogP contribution >= 0.6 is 0 Å². The lowest BCUT2D eigenvalue weighted by Crippen LogP contribution is -2.46. The Balaban J connectivity index is 2.64. The Labute approximate surface area is 93.0 Å². The van der Waals surface area contributed by atoms with Crippen molar-refractivity contribution in [3.8, 4) is 0 Å². The van der Waals surface area contributed by atoms with Gasteiger partial charge in [-0.05, 0) is 5.92 Å². The van der Waals surface area contributed by atoms with Crippen molar-refractivity contribution >= 4 is 17.8 Å². The van der Waals surface area contributed by atoms with Gasteiger partial charge in [0.1, 0.15) is 12.4 Å². The van der Waals surface area contributed by atoms with Gasteiger partial charge in [-0.3, -0.25) is 14.9 Å². The number of rotatable bonds is 4. The molecule has 0 fully saturated rings. The zero-order chi connectivity index (χ0) is 12.1. The molecule has 3 N–H and O–H groups in total. The van der Waals surface area contributed by atoms with Gasteiger partial charge in [0.15, 0.2) is 0 Å². The van der Waals surface area contributed by atoms with Gasteiger partial charge in [-0.2, -0.15) is 10.1 Å². The number of anilines is 1. The fourth-order valence-electron chi connectivity index (χ4n) is 1.21. The lowest BCUT2D eigenvalue weighted by molar-refractivity contribution is -0.126. The van der Waals surface area contributed by atoms with Gasteiger partial charge in [-0.25, -0.2) is 5.10 Å². The average Bonchev–Trinajstić information content (AvgIpc) is 2.65. The third-order valence-electron chi connectivity index (χ3n) is 1.96. The van der Waals surface area contributed by atoms with Gasteiger partial charge in [0.2, 0.25) is 17.8 Å². The molecule has 1 heterocycles. The van der Waals surface area contributed by atoms with Gasteiger partial charge in [-0.15, -0.1) is 0 Å². The summed E-state index contributed by atoms with van der Waals surface area (Å²) in [7, 11) is 0.